The number of anilines is 4. The molecule has 0 aromatic heterocycles. The first-order chi connectivity index (χ1) is 28.2. The molecule has 8 aromatic carbocycles. The Morgan fingerprint density at radius 2 is 1.19 bits per heavy atom. The Bertz CT molecular complexity index is 2950. The van der Waals surface area contributed by atoms with Gasteiger partial charge in [0, 0.05) is 45.9 Å². The minimum atomic E-state index is 0.0944. The van der Waals surface area contributed by atoms with Crippen molar-refractivity contribution in [3.63, 3.8) is 0 Å². The largest absolute Gasteiger partial charge is 0.657 e. The number of hydrogen-bond acceptors (Lipinski definition) is 2. The van der Waals surface area contributed by atoms with Gasteiger partial charge in [-0.3, -0.25) is 0 Å². The summed E-state index contributed by atoms with van der Waals surface area (Å²) < 4.78 is 0. The maximum absolute atomic E-state index is 5.37. The maximum atomic E-state index is 5.37. The molecule has 3 aliphatic heterocycles. The number of rotatable bonds is 4. The van der Waals surface area contributed by atoms with Crippen molar-refractivity contribution >= 4 is 61.3 Å². The Hall–Kier alpha value is -6.84. The highest BCUT2D eigenvalue weighted by Crippen LogP contribution is 2.60. The SMILES string of the molecule is CC1=C(c2ccccc2)[N-]c2ccc(N3c4ccccc4C4=CC5c6c(c7ccccc7c7ccccc67)N(c6ccccc6)C5CC43)cc2C1c1ccccc1. The van der Waals surface area contributed by atoms with Crippen LogP contribution in [0, 0.1) is 0 Å². The first kappa shape index (κ1) is 32.4. The Labute approximate surface area is 333 Å². The molecule has 8 aromatic rings. The molecule has 3 heteroatoms. The molecular weight excluding hydrogens is 691 g/mol. The molecule has 0 bridgehead atoms. The van der Waals surface area contributed by atoms with E-state index in [1.54, 1.807) is 0 Å². The van der Waals surface area contributed by atoms with Crippen LogP contribution in [0.25, 0.3) is 38.1 Å². The molecule has 1 aliphatic carbocycles. The van der Waals surface area contributed by atoms with E-state index in [-0.39, 0.29) is 23.9 Å². The average molecular weight is 731 g/mol. The van der Waals surface area contributed by atoms with Gasteiger partial charge in [-0.2, -0.15) is 0 Å². The van der Waals surface area contributed by atoms with Crippen molar-refractivity contribution in [2.24, 2.45) is 0 Å². The zero-order valence-electron chi connectivity index (χ0n) is 31.8. The van der Waals surface area contributed by atoms with Crippen LogP contribution >= 0.6 is 0 Å². The summed E-state index contributed by atoms with van der Waals surface area (Å²) in [5.41, 5.74) is 16.5. The van der Waals surface area contributed by atoms with E-state index in [0.717, 1.165) is 23.4 Å². The molecule has 0 saturated carbocycles. The summed E-state index contributed by atoms with van der Waals surface area (Å²) in [6, 6.07) is 67.4. The predicted molar refractivity (Wildman–Crippen MR) is 238 cm³/mol. The Balaban J connectivity index is 1.04. The number of para-hydroxylation sites is 2. The molecule has 0 fully saturated rings. The van der Waals surface area contributed by atoms with E-state index in [9.17, 15) is 0 Å². The standard InChI is InChI=1S/C54H40N3/c1-34-51(35-17-5-2-6-18-35)45-31-38(29-30-47(45)55-53(34)36-19-7-3-8-20-36)56-48-28-16-15-25-41(48)44-32-46-50(33-49(44)56)57(37-21-9-4-10-22-37)54-43-27-14-12-24-40(43)39-23-11-13-26-42(39)52(46)54/h2-32,46,49-51H,33H2,1H3/q-1. The normalized spacial score (nSPS) is 20.4. The summed E-state index contributed by atoms with van der Waals surface area (Å²) in [6.45, 7) is 2.27. The fourth-order valence-electron chi connectivity index (χ4n) is 10.8. The van der Waals surface area contributed by atoms with Crippen molar-refractivity contribution in [3.8, 4) is 0 Å². The summed E-state index contributed by atoms with van der Waals surface area (Å²) in [6.07, 6.45) is 3.64. The number of fused-ring (bicyclic) bond motifs is 12. The highest BCUT2D eigenvalue weighted by atomic mass is 15.2. The molecule has 0 N–H and O–H groups in total. The highest BCUT2D eigenvalue weighted by Gasteiger charge is 2.49. The van der Waals surface area contributed by atoms with Gasteiger partial charge >= 0.3 is 0 Å². The first-order valence-corrected chi connectivity index (χ1v) is 20.3. The lowest BCUT2D eigenvalue weighted by Gasteiger charge is -2.42. The maximum Gasteiger partial charge on any atom is 0.0615 e. The van der Waals surface area contributed by atoms with Gasteiger partial charge in [-0.15, -0.1) is 11.4 Å². The monoisotopic (exact) mass is 730 g/mol. The third-order valence-electron chi connectivity index (χ3n) is 13.1. The molecule has 12 rings (SSSR count). The second-order valence-corrected chi connectivity index (χ2v) is 16.0. The molecule has 57 heavy (non-hydrogen) atoms. The molecule has 3 nitrogen and oxygen atoms in total. The van der Waals surface area contributed by atoms with E-state index in [2.05, 4.69) is 205 Å². The molecule has 4 unspecified atom stereocenters. The third-order valence-corrected chi connectivity index (χ3v) is 13.1. The number of hydrogen-bond donors (Lipinski definition) is 0. The Kier molecular flexibility index (Phi) is 7.16. The van der Waals surface area contributed by atoms with Crippen LogP contribution < -0.4 is 9.80 Å². The third kappa shape index (κ3) is 4.79. The lowest BCUT2D eigenvalue weighted by molar-refractivity contribution is 0.536. The van der Waals surface area contributed by atoms with Crippen LogP contribution in [0.5, 0.6) is 0 Å². The Morgan fingerprint density at radius 1 is 0.561 bits per heavy atom. The zero-order chi connectivity index (χ0) is 37.6. The van der Waals surface area contributed by atoms with Crippen molar-refractivity contribution in [1.82, 2.24) is 0 Å². The zero-order valence-corrected chi connectivity index (χ0v) is 31.8. The lowest BCUT2D eigenvalue weighted by Crippen LogP contribution is -2.40. The Morgan fingerprint density at radius 3 is 1.96 bits per heavy atom. The molecule has 0 spiro atoms. The molecule has 272 valence electrons. The fraction of sp³-hybridized carbons (Fsp3) is 0.111. The number of nitrogens with zero attached hydrogens (tertiary/aromatic N) is 3. The van der Waals surface area contributed by atoms with Gasteiger partial charge in [0.25, 0.3) is 0 Å². The van der Waals surface area contributed by atoms with Crippen LogP contribution in [-0.2, 0) is 0 Å². The van der Waals surface area contributed by atoms with Crippen LogP contribution in [0.3, 0.4) is 0 Å². The van der Waals surface area contributed by atoms with Crippen molar-refractivity contribution in [1.29, 1.82) is 0 Å². The van der Waals surface area contributed by atoms with Crippen molar-refractivity contribution in [2.45, 2.75) is 37.3 Å². The van der Waals surface area contributed by atoms with Gasteiger partial charge in [-0.25, -0.2) is 0 Å². The topological polar surface area (TPSA) is 20.6 Å². The van der Waals surface area contributed by atoms with Crippen LogP contribution in [0.15, 0.2) is 194 Å². The van der Waals surface area contributed by atoms with Gasteiger partial charge in [0.15, 0.2) is 0 Å². The lowest BCUT2D eigenvalue weighted by atomic mass is 9.78. The van der Waals surface area contributed by atoms with Crippen LogP contribution in [0.1, 0.15) is 53.0 Å². The van der Waals surface area contributed by atoms with Gasteiger partial charge in [-0.05, 0) is 87.7 Å². The highest BCUT2D eigenvalue weighted by molar-refractivity contribution is 6.17. The van der Waals surface area contributed by atoms with E-state index in [1.807, 2.05) is 0 Å². The minimum Gasteiger partial charge on any atom is -0.657 e. The van der Waals surface area contributed by atoms with Crippen molar-refractivity contribution in [2.75, 3.05) is 9.80 Å². The van der Waals surface area contributed by atoms with Crippen LogP contribution in [-0.4, -0.2) is 12.1 Å². The summed E-state index contributed by atoms with van der Waals surface area (Å²) in [5.74, 6) is 0.333. The van der Waals surface area contributed by atoms with Crippen LogP contribution in [0.4, 0.5) is 28.4 Å². The second-order valence-electron chi connectivity index (χ2n) is 16.0. The van der Waals surface area contributed by atoms with E-state index in [4.69, 9.17) is 5.32 Å². The van der Waals surface area contributed by atoms with Gasteiger partial charge in [0.1, 0.15) is 0 Å². The van der Waals surface area contributed by atoms with E-state index in [0.29, 0.717) is 0 Å². The first-order valence-electron chi connectivity index (χ1n) is 20.3. The fourth-order valence-corrected chi connectivity index (χ4v) is 10.8. The molecule has 0 amide bonds. The molecule has 3 heterocycles. The molecule has 4 aliphatic rings. The summed E-state index contributed by atoms with van der Waals surface area (Å²) >= 11 is 0. The van der Waals surface area contributed by atoms with Gasteiger partial charge in [-0.1, -0.05) is 163 Å². The smallest absolute Gasteiger partial charge is 0.0615 e. The van der Waals surface area contributed by atoms with Crippen LogP contribution in [0.2, 0.25) is 0 Å². The predicted octanol–water partition coefficient (Wildman–Crippen LogP) is 14.2. The van der Waals surface area contributed by atoms with E-state index in [1.165, 1.54) is 77.7 Å². The van der Waals surface area contributed by atoms with E-state index >= 15 is 0 Å². The van der Waals surface area contributed by atoms with Crippen molar-refractivity contribution < 1.29 is 0 Å². The molecule has 0 radical (unpaired) electrons. The molecule has 0 saturated heterocycles. The second kappa shape index (κ2) is 12.6. The summed E-state index contributed by atoms with van der Waals surface area (Å²) in [7, 11) is 0. The molecular formula is C54H40N3-. The van der Waals surface area contributed by atoms with Crippen molar-refractivity contribution in [3.05, 3.63) is 227 Å². The quantitative estimate of drug-likeness (QED) is 0.168. The van der Waals surface area contributed by atoms with Gasteiger partial charge in [0.05, 0.1) is 11.7 Å². The minimum absolute atomic E-state index is 0.0944. The van der Waals surface area contributed by atoms with E-state index < -0.39 is 0 Å². The number of allylic oxidation sites excluding steroid dienone is 1. The summed E-state index contributed by atoms with van der Waals surface area (Å²) in [5, 5.41) is 10.7. The molecule has 4 atom stereocenters. The average Bonchev–Trinajstić information content (AvgIpc) is 3.79. The summed E-state index contributed by atoms with van der Waals surface area (Å²) in [4.78, 5) is 5.34. The van der Waals surface area contributed by atoms with Gasteiger partial charge < -0.3 is 15.1 Å². The number of benzene rings is 8. The van der Waals surface area contributed by atoms with Gasteiger partial charge in [0.2, 0.25) is 0 Å².